The molecule has 0 aliphatic heterocycles. The van der Waals surface area contributed by atoms with Crippen LogP contribution < -0.4 is 5.32 Å². The van der Waals surface area contributed by atoms with Gasteiger partial charge in [-0.25, -0.2) is 4.79 Å². The summed E-state index contributed by atoms with van der Waals surface area (Å²) in [5.41, 5.74) is 2.17. The van der Waals surface area contributed by atoms with E-state index in [1.165, 1.54) is 0 Å². The van der Waals surface area contributed by atoms with Gasteiger partial charge in [-0.15, -0.1) is 0 Å². The maximum Gasteiger partial charge on any atom is 0.317 e. The molecule has 2 aromatic rings. The third-order valence-electron chi connectivity index (χ3n) is 3.55. The van der Waals surface area contributed by atoms with Gasteiger partial charge in [0, 0.05) is 41.8 Å². The monoisotopic (exact) mass is 323 g/mol. The smallest absolute Gasteiger partial charge is 0.317 e. The van der Waals surface area contributed by atoms with Crippen LogP contribution in [0.4, 0.5) is 4.79 Å². The SMILES string of the molecule is CCCN(CCO)C(=O)NCCc1c[nH]c2ccc(Cl)cc12. The minimum Gasteiger partial charge on any atom is -0.395 e. The zero-order valence-corrected chi connectivity index (χ0v) is 13.5. The molecule has 0 saturated heterocycles. The summed E-state index contributed by atoms with van der Waals surface area (Å²) in [6, 6.07) is 5.60. The molecular formula is C16H22ClN3O2. The molecule has 1 aromatic carbocycles. The second kappa shape index (κ2) is 8.06. The lowest BCUT2D eigenvalue weighted by Gasteiger charge is -2.21. The molecule has 0 fully saturated rings. The molecule has 5 nitrogen and oxygen atoms in total. The van der Waals surface area contributed by atoms with Crippen LogP contribution in [0.1, 0.15) is 18.9 Å². The summed E-state index contributed by atoms with van der Waals surface area (Å²) in [5, 5.41) is 13.7. The van der Waals surface area contributed by atoms with Gasteiger partial charge in [-0.2, -0.15) is 0 Å². The van der Waals surface area contributed by atoms with Crippen molar-refractivity contribution in [2.75, 3.05) is 26.2 Å². The third kappa shape index (κ3) is 4.15. The Kier molecular flexibility index (Phi) is 6.10. The van der Waals surface area contributed by atoms with Gasteiger partial charge in [-0.3, -0.25) is 0 Å². The van der Waals surface area contributed by atoms with Crippen molar-refractivity contribution in [1.29, 1.82) is 0 Å². The number of hydrogen-bond donors (Lipinski definition) is 3. The molecule has 6 heteroatoms. The number of aliphatic hydroxyl groups excluding tert-OH is 1. The second-order valence-corrected chi connectivity index (χ2v) is 5.63. The summed E-state index contributed by atoms with van der Waals surface area (Å²) < 4.78 is 0. The van der Waals surface area contributed by atoms with Crippen LogP contribution in [0.15, 0.2) is 24.4 Å². The number of aromatic amines is 1. The summed E-state index contributed by atoms with van der Waals surface area (Å²) in [4.78, 5) is 16.9. The molecule has 1 heterocycles. The largest absolute Gasteiger partial charge is 0.395 e. The fraction of sp³-hybridized carbons (Fsp3) is 0.438. The van der Waals surface area contributed by atoms with Gasteiger partial charge >= 0.3 is 6.03 Å². The highest BCUT2D eigenvalue weighted by Crippen LogP contribution is 2.22. The van der Waals surface area contributed by atoms with Gasteiger partial charge in [0.25, 0.3) is 0 Å². The van der Waals surface area contributed by atoms with Crippen molar-refractivity contribution < 1.29 is 9.90 Å². The molecule has 0 unspecified atom stereocenters. The number of fused-ring (bicyclic) bond motifs is 1. The fourth-order valence-corrected chi connectivity index (χ4v) is 2.65. The van der Waals surface area contributed by atoms with Crippen LogP contribution in [0.2, 0.25) is 5.02 Å². The number of nitrogens with zero attached hydrogens (tertiary/aromatic N) is 1. The minimum absolute atomic E-state index is 0.0195. The summed E-state index contributed by atoms with van der Waals surface area (Å²) in [7, 11) is 0. The molecule has 0 bridgehead atoms. The predicted molar refractivity (Wildman–Crippen MR) is 89.4 cm³/mol. The third-order valence-corrected chi connectivity index (χ3v) is 3.79. The van der Waals surface area contributed by atoms with Crippen molar-refractivity contribution in [1.82, 2.24) is 15.2 Å². The van der Waals surface area contributed by atoms with Crippen molar-refractivity contribution in [3.63, 3.8) is 0 Å². The Labute approximate surface area is 135 Å². The Morgan fingerprint density at radius 2 is 2.23 bits per heavy atom. The standard InChI is InChI=1S/C16H22ClN3O2/c1-2-7-20(8-9-21)16(22)18-6-5-12-11-19-15-4-3-13(17)10-14(12)15/h3-4,10-11,19,21H,2,5-9H2,1H3,(H,18,22). The highest BCUT2D eigenvalue weighted by molar-refractivity contribution is 6.31. The lowest BCUT2D eigenvalue weighted by molar-refractivity contribution is 0.177. The normalized spacial score (nSPS) is 10.9. The number of carbonyl (C=O) groups is 1. The molecule has 0 saturated carbocycles. The van der Waals surface area contributed by atoms with Crippen LogP contribution in [0.25, 0.3) is 10.9 Å². The van der Waals surface area contributed by atoms with Gasteiger partial charge in [0.2, 0.25) is 0 Å². The molecule has 120 valence electrons. The highest BCUT2D eigenvalue weighted by Gasteiger charge is 2.11. The molecule has 0 atom stereocenters. The first-order valence-electron chi connectivity index (χ1n) is 7.54. The second-order valence-electron chi connectivity index (χ2n) is 5.20. The Morgan fingerprint density at radius 1 is 1.41 bits per heavy atom. The maximum absolute atomic E-state index is 12.0. The van der Waals surface area contributed by atoms with E-state index in [1.54, 1.807) is 4.90 Å². The first kappa shape index (κ1) is 16.6. The number of aromatic nitrogens is 1. The van der Waals surface area contributed by atoms with Gasteiger partial charge in [0.1, 0.15) is 0 Å². The van der Waals surface area contributed by atoms with E-state index < -0.39 is 0 Å². The minimum atomic E-state index is -0.131. The molecule has 0 aliphatic rings. The van der Waals surface area contributed by atoms with Crippen molar-refractivity contribution in [3.05, 3.63) is 35.0 Å². The summed E-state index contributed by atoms with van der Waals surface area (Å²) in [5.74, 6) is 0. The van der Waals surface area contributed by atoms with E-state index in [-0.39, 0.29) is 12.6 Å². The number of nitrogens with one attached hydrogen (secondary N) is 2. The molecule has 0 spiro atoms. The van der Waals surface area contributed by atoms with E-state index in [0.717, 1.165) is 29.3 Å². The predicted octanol–water partition coefficient (Wildman–Crippen LogP) is 2.78. The van der Waals surface area contributed by atoms with Crippen LogP contribution in [-0.2, 0) is 6.42 Å². The molecule has 22 heavy (non-hydrogen) atoms. The summed E-state index contributed by atoms with van der Waals surface area (Å²) >= 11 is 6.03. The Balaban J connectivity index is 1.91. The number of benzene rings is 1. The molecule has 1 aromatic heterocycles. The van der Waals surface area contributed by atoms with Gasteiger partial charge < -0.3 is 20.3 Å². The van der Waals surface area contributed by atoms with Gasteiger partial charge in [0.15, 0.2) is 0 Å². The summed E-state index contributed by atoms with van der Waals surface area (Å²) in [6.45, 7) is 3.54. The Hall–Kier alpha value is -1.72. The van der Waals surface area contributed by atoms with Crippen molar-refractivity contribution in [2.45, 2.75) is 19.8 Å². The van der Waals surface area contributed by atoms with Crippen LogP contribution in [0.5, 0.6) is 0 Å². The first-order chi connectivity index (χ1) is 10.7. The molecule has 2 rings (SSSR count). The first-order valence-corrected chi connectivity index (χ1v) is 7.92. The van der Waals surface area contributed by atoms with Crippen molar-refractivity contribution >= 4 is 28.5 Å². The van der Waals surface area contributed by atoms with Gasteiger partial charge in [0.05, 0.1) is 6.61 Å². The highest BCUT2D eigenvalue weighted by atomic mass is 35.5. The quantitative estimate of drug-likeness (QED) is 0.733. The van der Waals surface area contributed by atoms with Crippen LogP contribution in [0, 0.1) is 0 Å². The molecular weight excluding hydrogens is 302 g/mol. The van der Waals surface area contributed by atoms with Gasteiger partial charge in [-0.1, -0.05) is 18.5 Å². The van der Waals surface area contributed by atoms with E-state index in [2.05, 4.69) is 10.3 Å². The van der Waals surface area contributed by atoms with Crippen LogP contribution in [-0.4, -0.2) is 47.3 Å². The number of amides is 2. The average Bonchev–Trinajstić information content (AvgIpc) is 2.89. The molecule has 0 radical (unpaired) electrons. The molecule has 0 aliphatic carbocycles. The van der Waals surface area contributed by atoms with E-state index in [9.17, 15) is 4.79 Å². The number of carbonyl (C=O) groups excluding carboxylic acids is 1. The summed E-state index contributed by atoms with van der Waals surface area (Å²) in [6.07, 6.45) is 3.55. The number of hydrogen-bond acceptors (Lipinski definition) is 2. The van der Waals surface area contributed by atoms with Crippen molar-refractivity contribution in [3.8, 4) is 0 Å². The van der Waals surface area contributed by atoms with E-state index >= 15 is 0 Å². The lowest BCUT2D eigenvalue weighted by atomic mass is 10.1. The van der Waals surface area contributed by atoms with Crippen LogP contribution >= 0.6 is 11.6 Å². The van der Waals surface area contributed by atoms with Gasteiger partial charge in [-0.05, 0) is 36.6 Å². The lowest BCUT2D eigenvalue weighted by Crippen LogP contribution is -2.42. The van der Waals surface area contributed by atoms with E-state index in [0.29, 0.717) is 24.7 Å². The fourth-order valence-electron chi connectivity index (χ4n) is 2.48. The number of urea groups is 1. The van der Waals surface area contributed by atoms with Crippen LogP contribution in [0.3, 0.4) is 0 Å². The zero-order chi connectivity index (χ0) is 15.9. The van der Waals surface area contributed by atoms with E-state index in [1.807, 2.05) is 31.3 Å². The maximum atomic E-state index is 12.0. The molecule has 2 amide bonds. The average molecular weight is 324 g/mol. The topological polar surface area (TPSA) is 68.4 Å². The van der Waals surface area contributed by atoms with Crippen molar-refractivity contribution in [2.24, 2.45) is 0 Å². The number of rotatable bonds is 7. The zero-order valence-electron chi connectivity index (χ0n) is 12.7. The molecule has 3 N–H and O–H groups in total. The number of H-pyrrole nitrogens is 1. The Bertz CT molecular complexity index is 621. The number of halogens is 1. The number of aliphatic hydroxyl groups is 1. The Morgan fingerprint density at radius 3 is 2.95 bits per heavy atom. The van der Waals surface area contributed by atoms with E-state index in [4.69, 9.17) is 16.7 Å².